The smallest absolute Gasteiger partial charge is 0.292 e. The number of anilines is 1. The molecule has 1 aliphatic heterocycles. The van der Waals surface area contributed by atoms with Gasteiger partial charge in [0.15, 0.2) is 0 Å². The van der Waals surface area contributed by atoms with Gasteiger partial charge in [-0.15, -0.1) is 0 Å². The van der Waals surface area contributed by atoms with Gasteiger partial charge in [-0.1, -0.05) is 67.1 Å². The molecule has 0 saturated carbocycles. The van der Waals surface area contributed by atoms with Crippen molar-refractivity contribution in [3.05, 3.63) is 87.8 Å². The number of carbonyl (C=O) groups excluding carboxylic acids is 1. The van der Waals surface area contributed by atoms with Gasteiger partial charge in [0.25, 0.3) is 5.56 Å². The number of para-hydroxylation sites is 1. The Morgan fingerprint density at radius 1 is 1.00 bits per heavy atom. The fourth-order valence-electron chi connectivity index (χ4n) is 4.02. The van der Waals surface area contributed by atoms with Crippen LogP contribution in [0, 0.1) is 0 Å². The van der Waals surface area contributed by atoms with Crippen LogP contribution >= 0.6 is 11.6 Å². The number of amides is 1. The number of hydrogen-bond acceptors (Lipinski definition) is 4. The van der Waals surface area contributed by atoms with E-state index in [4.69, 9.17) is 11.6 Å². The lowest BCUT2D eigenvalue weighted by Gasteiger charge is -2.37. The van der Waals surface area contributed by atoms with Crippen LogP contribution in [0.25, 0.3) is 5.69 Å². The van der Waals surface area contributed by atoms with Crippen molar-refractivity contribution in [1.82, 2.24) is 14.7 Å². The molecule has 4 rings (SSSR count). The first kappa shape index (κ1) is 21.1. The second kappa shape index (κ2) is 9.35. The molecule has 3 aromatic rings. The van der Waals surface area contributed by atoms with E-state index >= 15 is 0 Å². The van der Waals surface area contributed by atoms with Crippen molar-refractivity contribution in [1.29, 1.82) is 0 Å². The van der Waals surface area contributed by atoms with E-state index in [9.17, 15) is 9.59 Å². The molecule has 0 spiro atoms. The SMILES string of the molecule is CC[C@H](C(=O)N1CCN(c2cnn(-c3ccccc3)c(=O)c2Cl)CC1)c1ccccc1. The highest BCUT2D eigenvalue weighted by Crippen LogP contribution is 2.26. The first-order valence-electron chi connectivity index (χ1n) is 10.5. The lowest BCUT2D eigenvalue weighted by Crippen LogP contribution is -2.50. The molecule has 6 nitrogen and oxygen atoms in total. The van der Waals surface area contributed by atoms with Crippen molar-refractivity contribution in [2.75, 3.05) is 31.1 Å². The fraction of sp³-hybridized carbons (Fsp3) is 0.292. The Balaban J connectivity index is 1.47. The van der Waals surface area contributed by atoms with Crippen molar-refractivity contribution in [3.63, 3.8) is 0 Å². The van der Waals surface area contributed by atoms with Crippen LogP contribution < -0.4 is 10.5 Å². The number of benzene rings is 2. The van der Waals surface area contributed by atoms with Crippen molar-refractivity contribution in [2.45, 2.75) is 19.3 Å². The lowest BCUT2D eigenvalue weighted by molar-refractivity contribution is -0.133. The van der Waals surface area contributed by atoms with Crippen LogP contribution in [0.4, 0.5) is 5.69 Å². The normalized spacial score (nSPS) is 15.0. The Hall–Kier alpha value is -3.12. The number of hydrogen-bond donors (Lipinski definition) is 0. The number of aromatic nitrogens is 2. The van der Waals surface area contributed by atoms with Crippen LogP contribution in [0.3, 0.4) is 0 Å². The first-order valence-corrected chi connectivity index (χ1v) is 10.9. The first-order chi connectivity index (χ1) is 15.1. The van der Waals surface area contributed by atoms with Crippen LogP contribution in [-0.2, 0) is 4.79 Å². The molecule has 2 heterocycles. The number of nitrogens with zero attached hydrogens (tertiary/aromatic N) is 4. The molecule has 1 saturated heterocycles. The van der Waals surface area contributed by atoms with E-state index in [1.807, 2.05) is 77.4 Å². The molecule has 1 atom stereocenters. The van der Waals surface area contributed by atoms with Crippen LogP contribution in [0.15, 0.2) is 71.7 Å². The third-order valence-electron chi connectivity index (χ3n) is 5.74. The summed E-state index contributed by atoms with van der Waals surface area (Å²) in [6.07, 6.45) is 2.39. The molecule has 0 bridgehead atoms. The zero-order chi connectivity index (χ0) is 21.8. The Labute approximate surface area is 186 Å². The Morgan fingerprint density at radius 3 is 2.23 bits per heavy atom. The summed E-state index contributed by atoms with van der Waals surface area (Å²) < 4.78 is 1.30. The molecular formula is C24H25ClN4O2. The van der Waals surface area contributed by atoms with Gasteiger partial charge >= 0.3 is 0 Å². The number of rotatable bonds is 5. The molecule has 1 fully saturated rings. The largest absolute Gasteiger partial charge is 0.365 e. The standard InChI is InChI=1S/C24H25ClN4O2/c1-2-20(18-9-5-3-6-10-18)23(30)28-15-13-27(14-16-28)21-17-26-29(24(31)22(21)25)19-11-7-4-8-12-19/h3-12,17,20H,2,13-16H2,1H3/t20-/m0/s1. The summed E-state index contributed by atoms with van der Waals surface area (Å²) in [6.45, 7) is 4.42. The maximum atomic E-state index is 13.1. The summed E-state index contributed by atoms with van der Waals surface area (Å²) in [5.41, 5.74) is 1.98. The Kier molecular flexibility index (Phi) is 6.37. The maximum absolute atomic E-state index is 13.1. The zero-order valence-corrected chi connectivity index (χ0v) is 18.2. The van der Waals surface area contributed by atoms with E-state index in [0.29, 0.717) is 37.6 Å². The molecule has 0 unspecified atom stereocenters. The number of piperazine rings is 1. The van der Waals surface area contributed by atoms with Crippen LogP contribution in [0.1, 0.15) is 24.8 Å². The molecule has 31 heavy (non-hydrogen) atoms. The molecule has 0 N–H and O–H groups in total. The summed E-state index contributed by atoms with van der Waals surface area (Å²) in [5, 5.41) is 4.46. The monoisotopic (exact) mass is 436 g/mol. The highest BCUT2D eigenvalue weighted by atomic mass is 35.5. The zero-order valence-electron chi connectivity index (χ0n) is 17.4. The van der Waals surface area contributed by atoms with E-state index in [1.54, 1.807) is 6.20 Å². The van der Waals surface area contributed by atoms with Gasteiger partial charge in [0, 0.05) is 26.2 Å². The lowest BCUT2D eigenvalue weighted by atomic mass is 9.95. The number of carbonyl (C=O) groups is 1. The van der Waals surface area contributed by atoms with Crippen LogP contribution in [0.5, 0.6) is 0 Å². The third kappa shape index (κ3) is 4.35. The fourth-order valence-corrected chi connectivity index (χ4v) is 4.27. The molecule has 2 aromatic carbocycles. The summed E-state index contributed by atoms with van der Waals surface area (Å²) in [7, 11) is 0. The van der Waals surface area contributed by atoms with E-state index in [0.717, 1.165) is 12.0 Å². The van der Waals surface area contributed by atoms with Gasteiger partial charge in [0.05, 0.1) is 23.5 Å². The molecule has 0 radical (unpaired) electrons. The van der Waals surface area contributed by atoms with E-state index in [1.165, 1.54) is 4.68 Å². The minimum Gasteiger partial charge on any atom is -0.365 e. The van der Waals surface area contributed by atoms with E-state index in [-0.39, 0.29) is 22.4 Å². The van der Waals surface area contributed by atoms with Gasteiger partial charge < -0.3 is 9.80 Å². The molecule has 1 aliphatic rings. The minimum absolute atomic E-state index is 0.132. The van der Waals surface area contributed by atoms with Gasteiger partial charge in [0.2, 0.25) is 5.91 Å². The summed E-state index contributed by atoms with van der Waals surface area (Å²) in [5.74, 6) is 0.0184. The maximum Gasteiger partial charge on any atom is 0.292 e. The molecule has 160 valence electrons. The summed E-state index contributed by atoms with van der Waals surface area (Å²) >= 11 is 6.44. The van der Waals surface area contributed by atoms with Crippen molar-refractivity contribution in [3.8, 4) is 5.69 Å². The van der Waals surface area contributed by atoms with E-state index < -0.39 is 0 Å². The third-order valence-corrected chi connectivity index (χ3v) is 6.10. The predicted molar refractivity (Wildman–Crippen MR) is 123 cm³/mol. The van der Waals surface area contributed by atoms with Gasteiger partial charge in [-0.3, -0.25) is 9.59 Å². The van der Waals surface area contributed by atoms with Gasteiger partial charge in [-0.05, 0) is 24.1 Å². The van der Waals surface area contributed by atoms with Gasteiger partial charge in [-0.2, -0.15) is 9.78 Å². The molecule has 1 aromatic heterocycles. The topological polar surface area (TPSA) is 58.4 Å². The van der Waals surface area contributed by atoms with Crippen molar-refractivity contribution >= 4 is 23.2 Å². The van der Waals surface area contributed by atoms with Crippen molar-refractivity contribution < 1.29 is 4.79 Å². The second-order valence-electron chi connectivity index (χ2n) is 7.58. The second-order valence-corrected chi connectivity index (χ2v) is 7.96. The van der Waals surface area contributed by atoms with E-state index in [2.05, 4.69) is 5.10 Å². The van der Waals surface area contributed by atoms with Crippen LogP contribution in [-0.4, -0.2) is 46.8 Å². The molecular weight excluding hydrogens is 412 g/mol. The molecule has 1 amide bonds. The van der Waals surface area contributed by atoms with Gasteiger partial charge in [0.1, 0.15) is 5.02 Å². The highest BCUT2D eigenvalue weighted by Gasteiger charge is 2.28. The molecule has 0 aliphatic carbocycles. The predicted octanol–water partition coefficient (Wildman–Crippen LogP) is 3.73. The summed E-state index contributed by atoms with van der Waals surface area (Å²) in [4.78, 5) is 29.8. The number of halogens is 1. The van der Waals surface area contributed by atoms with Gasteiger partial charge in [-0.25, -0.2) is 0 Å². The quantitative estimate of drug-likeness (QED) is 0.611. The average Bonchev–Trinajstić information content (AvgIpc) is 2.82. The highest BCUT2D eigenvalue weighted by molar-refractivity contribution is 6.33. The van der Waals surface area contributed by atoms with Crippen LogP contribution in [0.2, 0.25) is 5.02 Å². The Bertz CT molecular complexity index is 1090. The van der Waals surface area contributed by atoms with Crippen molar-refractivity contribution in [2.24, 2.45) is 0 Å². The molecule has 7 heteroatoms. The minimum atomic E-state index is -0.348. The Morgan fingerprint density at radius 2 is 1.61 bits per heavy atom. The average molecular weight is 437 g/mol. The summed E-state index contributed by atoms with van der Waals surface area (Å²) in [6, 6.07) is 19.1.